The van der Waals surface area contributed by atoms with E-state index >= 15 is 0 Å². The number of fused-ring (bicyclic) bond motifs is 1. The first kappa shape index (κ1) is 15.9. The fourth-order valence-corrected chi connectivity index (χ4v) is 2.63. The molecule has 1 aliphatic heterocycles. The molecule has 21 heavy (non-hydrogen) atoms. The maximum Gasteiger partial charge on any atom is 0.410 e. The van der Waals surface area contributed by atoms with Gasteiger partial charge in [0.2, 0.25) is 0 Å². The first-order chi connectivity index (χ1) is 9.53. The Morgan fingerprint density at radius 3 is 2.29 bits per heavy atom. The zero-order valence-electron chi connectivity index (χ0n) is 14.1. The molecule has 0 saturated heterocycles. The summed E-state index contributed by atoms with van der Waals surface area (Å²) in [6.45, 7) is 13.7. The number of amides is 1. The van der Waals surface area contributed by atoms with E-state index in [2.05, 4.69) is 39.0 Å². The van der Waals surface area contributed by atoms with Crippen LogP contribution in [0, 0.1) is 5.41 Å². The molecule has 0 fully saturated rings. The maximum absolute atomic E-state index is 12.1. The number of benzene rings is 1. The van der Waals surface area contributed by atoms with Gasteiger partial charge in [-0.1, -0.05) is 39.0 Å². The molecule has 0 aliphatic carbocycles. The molecular weight excluding hydrogens is 262 g/mol. The molecule has 0 bridgehead atoms. The number of carbonyl (C=O) groups excluding carboxylic acids is 1. The molecule has 1 aromatic rings. The minimum atomic E-state index is -0.441. The predicted octanol–water partition coefficient (Wildman–Crippen LogP) is 4.53. The Bertz CT molecular complexity index is 535. The second kappa shape index (κ2) is 5.36. The van der Waals surface area contributed by atoms with Crippen molar-refractivity contribution in [3.8, 4) is 0 Å². The van der Waals surface area contributed by atoms with E-state index in [0.717, 1.165) is 6.42 Å². The molecular formula is C18H27NO2. The summed E-state index contributed by atoms with van der Waals surface area (Å²) < 4.78 is 5.45. The predicted molar refractivity (Wildman–Crippen MR) is 85.1 cm³/mol. The summed E-state index contributed by atoms with van der Waals surface area (Å²) in [7, 11) is 0. The summed E-state index contributed by atoms with van der Waals surface area (Å²) in [5.74, 6) is 0. The first-order valence-corrected chi connectivity index (χ1v) is 7.62. The van der Waals surface area contributed by atoms with Crippen LogP contribution in [0.1, 0.15) is 58.2 Å². The van der Waals surface area contributed by atoms with Gasteiger partial charge in [-0.15, -0.1) is 0 Å². The van der Waals surface area contributed by atoms with Crippen molar-refractivity contribution >= 4 is 6.09 Å². The van der Waals surface area contributed by atoms with Crippen LogP contribution in [0.2, 0.25) is 0 Å². The lowest BCUT2D eigenvalue weighted by Gasteiger charge is -2.24. The molecule has 1 aliphatic rings. The van der Waals surface area contributed by atoms with Gasteiger partial charge in [-0.2, -0.15) is 0 Å². The van der Waals surface area contributed by atoms with E-state index in [0.29, 0.717) is 13.1 Å². The zero-order valence-corrected chi connectivity index (χ0v) is 14.1. The van der Waals surface area contributed by atoms with Gasteiger partial charge >= 0.3 is 6.09 Å². The molecule has 0 saturated carbocycles. The van der Waals surface area contributed by atoms with Crippen molar-refractivity contribution in [2.75, 3.05) is 0 Å². The monoisotopic (exact) mass is 289 g/mol. The zero-order chi connectivity index (χ0) is 15.8. The van der Waals surface area contributed by atoms with E-state index in [1.807, 2.05) is 20.8 Å². The highest BCUT2D eigenvalue weighted by atomic mass is 16.6. The Labute approximate surface area is 128 Å². The normalized spacial score (nSPS) is 15.0. The van der Waals surface area contributed by atoms with E-state index in [9.17, 15) is 4.79 Å². The van der Waals surface area contributed by atoms with Gasteiger partial charge in [-0.3, -0.25) is 4.90 Å². The third-order valence-electron chi connectivity index (χ3n) is 3.38. The number of ether oxygens (including phenoxy) is 1. The molecule has 0 unspecified atom stereocenters. The van der Waals surface area contributed by atoms with E-state index < -0.39 is 5.60 Å². The molecule has 0 aromatic heterocycles. The Kier molecular flexibility index (Phi) is 4.05. The van der Waals surface area contributed by atoms with Crippen molar-refractivity contribution in [3.05, 3.63) is 34.9 Å². The quantitative estimate of drug-likeness (QED) is 0.760. The highest BCUT2D eigenvalue weighted by molar-refractivity contribution is 5.69. The summed E-state index contributed by atoms with van der Waals surface area (Å²) in [5, 5.41) is 0. The molecule has 0 atom stereocenters. The van der Waals surface area contributed by atoms with Gasteiger partial charge in [0.15, 0.2) is 0 Å². The Morgan fingerprint density at radius 2 is 1.71 bits per heavy atom. The average molecular weight is 289 g/mol. The minimum absolute atomic E-state index is 0.226. The average Bonchev–Trinajstić information content (AvgIpc) is 2.67. The van der Waals surface area contributed by atoms with Crippen LogP contribution in [-0.2, 0) is 24.2 Å². The summed E-state index contributed by atoms with van der Waals surface area (Å²) in [6, 6.07) is 6.58. The van der Waals surface area contributed by atoms with Crippen LogP contribution in [0.25, 0.3) is 0 Å². The van der Waals surface area contributed by atoms with Crippen molar-refractivity contribution < 1.29 is 9.53 Å². The number of hydrogen-bond acceptors (Lipinski definition) is 2. The third kappa shape index (κ3) is 4.48. The van der Waals surface area contributed by atoms with Gasteiger partial charge in [0.1, 0.15) is 5.60 Å². The van der Waals surface area contributed by atoms with Crippen LogP contribution < -0.4 is 0 Å². The van der Waals surface area contributed by atoms with Crippen LogP contribution in [-0.4, -0.2) is 16.6 Å². The van der Waals surface area contributed by atoms with Gasteiger partial charge in [0.05, 0.1) is 0 Å². The van der Waals surface area contributed by atoms with E-state index in [1.165, 1.54) is 16.7 Å². The van der Waals surface area contributed by atoms with Crippen molar-refractivity contribution in [2.45, 2.75) is 66.7 Å². The molecule has 0 radical (unpaired) electrons. The third-order valence-corrected chi connectivity index (χ3v) is 3.38. The second-order valence-electron chi connectivity index (χ2n) is 8.18. The summed E-state index contributed by atoms with van der Waals surface area (Å²) in [4.78, 5) is 13.9. The van der Waals surface area contributed by atoms with Crippen molar-refractivity contribution in [2.24, 2.45) is 5.41 Å². The molecule has 1 aromatic carbocycles. The highest BCUT2D eigenvalue weighted by Gasteiger charge is 2.28. The highest BCUT2D eigenvalue weighted by Crippen LogP contribution is 2.28. The Hall–Kier alpha value is -1.51. The fraction of sp³-hybridized carbons (Fsp3) is 0.611. The Morgan fingerprint density at radius 1 is 1.10 bits per heavy atom. The standard InChI is InChI=1S/C18H27NO2/c1-17(2,3)10-13-7-8-14-11-19(12-15(14)9-13)16(20)21-18(4,5)6/h7-9H,10-12H2,1-6H3. The number of carbonyl (C=O) groups is 1. The lowest BCUT2D eigenvalue weighted by molar-refractivity contribution is 0.0242. The minimum Gasteiger partial charge on any atom is -0.444 e. The van der Waals surface area contributed by atoms with Crippen LogP contribution in [0.5, 0.6) is 0 Å². The van der Waals surface area contributed by atoms with Crippen LogP contribution >= 0.6 is 0 Å². The molecule has 116 valence electrons. The first-order valence-electron chi connectivity index (χ1n) is 7.62. The topological polar surface area (TPSA) is 29.5 Å². The molecule has 1 amide bonds. The smallest absolute Gasteiger partial charge is 0.410 e. The largest absolute Gasteiger partial charge is 0.444 e. The van der Waals surface area contributed by atoms with Gasteiger partial charge in [-0.05, 0) is 49.3 Å². The number of hydrogen-bond donors (Lipinski definition) is 0. The maximum atomic E-state index is 12.1. The van der Waals surface area contributed by atoms with Crippen molar-refractivity contribution in [1.82, 2.24) is 4.90 Å². The van der Waals surface area contributed by atoms with Crippen molar-refractivity contribution in [1.29, 1.82) is 0 Å². The molecule has 3 heteroatoms. The molecule has 3 nitrogen and oxygen atoms in total. The van der Waals surface area contributed by atoms with Gasteiger partial charge in [-0.25, -0.2) is 4.79 Å². The Balaban J connectivity index is 2.07. The van der Waals surface area contributed by atoms with Gasteiger partial charge in [0.25, 0.3) is 0 Å². The SMILES string of the molecule is CC(C)(C)Cc1ccc2c(c1)CN(C(=O)OC(C)(C)C)C2. The lowest BCUT2D eigenvalue weighted by Crippen LogP contribution is -2.33. The van der Waals surface area contributed by atoms with Crippen LogP contribution in [0.4, 0.5) is 4.79 Å². The van der Waals surface area contributed by atoms with Crippen LogP contribution in [0.3, 0.4) is 0 Å². The fourth-order valence-electron chi connectivity index (χ4n) is 2.63. The van der Waals surface area contributed by atoms with E-state index in [1.54, 1.807) is 4.90 Å². The molecule has 0 N–H and O–H groups in total. The molecule has 0 spiro atoms. The van der Waals surface area contributed by atoms with Gasteiger partial charge < -0.3 is 4.74 Å². The van der Waals surface area contributed by atoms with E-state index in [-0.39, 0.29) is 11.5 Å². The summed E-state index contributed by atoms with van der Waals surface area (Å²) in [6.07, 6.45) is 0.822. The number of nitrogens with zero attached hydrogens (tertiary/aromatic N) is 1. The summed E-state index contributed by atoms with van der Waals surface area (Å²) >= 11 is 0. The van der Waals surface area contributed by atoms with Gasteiger partial charge in [0, 0.05) is 13.1 Å². The van der Waals surface area contributed by atoms with E-state index in [4.69, 9.17) is 4.74 Å². The molecule has 2 rings (SSSR count). The van der Waals surface area contributed by atoms with Crippen LogP contribution in [0.15, 0.2) is 18.2 Å². The number of rotatable bonds is 1. The van der Waals surface area contributed by atoms with Crippen molar-refractivity contribution in [3.63, 3.8) is 0 Å². The molecule has 1 heterocycles. The second-order valence-corrected chi connectivity index (χ2v) is 8.18. The lowest BCUT2D eigenvalue weighted by atomic mass is 9.87. The summed E-state index contributed by atoms with van der Waals surface area (Å²) in [5.41, 5.74) is 3.66.